The summed E-state index contributed by atoms with van der Waals surface area (Å²) in [6, 6.07) is 0. The van der Waals surface area contributed by atoms with Gasteiger partial charge >= 0.3 is 0 Å². The van der Waals surface area contributed by atoms with Gasteiger partial charge in [-0.2, -0.15) is 0 Å². The topological polar surface area (TPSA) is 0 Å². The van der Waals surface area contributed by atoms with Gasteiger partial charge in [0.25, 0.3) is 0 Å². The summed E-state index contributed by atoms with van der Waals surface area (Å²) in [5, 5.41) is 0. The van der Waals surface area contributed by atoms with Gasteiger partial charge in [-0.1, -0.05) is 0 Å². The minimum Gasteiger partial charge on any atom is -0.0464 e. The molecule has 9 rings (SSSR count). The van der Waals surface area contributed by atoms with Gasteiger partial charge in [0.1, 0.15) is 0 Å². The normalized spacial score (nSPS) is 89.3. The molecule has 4 bridgehead atoms. The van der Waals surface area contributed by atoms with E-state index in [4.69, 9.17) is 0 Å². The van der Waals surface area contributed by atoms with E-state index in [-0.39, 0.29) is 0 Å². The molecule has 0 aromatic heterocycles. The Morgan fingerprint density at radius 3 is 1.39 bits per heavy atom. The molecule has 0 aromatic carbocycles. The van der Waals surface area contributed by atoms with Crippen LogP contribution >= 0.6 is 0 Å². The number of hydrogen-bond donors (Lipinski definition) is 0. The van der Waals surface area contributed by atoms with Crippen LogP contribution in [0.4, 0.5) is 0 Å². The third-order valence-electron chi connectivity index (χ3n) is 11.1. The second kappa shape index (κ2) is 1.81. The minimum absolute atomic E-state index is 0.991. The van der Waals surface area contributed by atoms with Crippen LogP contribution in [0.25, 0.3) is 0 Å². The second-order valence-electron chi connectivity index (χ2n) is 9.78. The molecular formula is C18H22. The summed E-state index contributed by atoms with van der Waals surface area (Å²) in [4.78, 5) is 0. The van der Waals surface area contributed by atoms with Gasteiger partial charge in [-0.25, -0.2) is 0 Å². The molecule has 0 heteroatoms. The molecule has 0 aromatic rings. The molecule has 9 aliphatic carbocycles. The van der Waals surface area contributed by atoms with Crippen molar-refractivity contribution in [3.05, 3.63) is 0 Å². The van der Waals surface area contributed by atoms with Crippen molar-refractivity contribution in [2.45, 2.75) is 44.9 Å². The molecule has 0 N–H and O–H groups in total. The molecule has 0 amide bonds. The Morgan fingerprint density at radius 2 is 0.833 bits per heavy atom. The molecule has 0 heterocycles. The molecular weight excluding hydrogens is 216 g/mol. The lowest BCUT2D eigenvalue weighted by molar-refractivity contribution is -0.292. The predicted molar refractivity (Wildman–Crippen MR) is 67.5 cm³/mol. The molecule has 94 valence electrons. The maximum atomic E-state index is 1.72. The van der Waals surface area contributed by atoms with E-state index >= 15 is 0 Å². The van der Waals surface area contributed by atoms with Crippen molar-refractivity contribution >= 4 is 0 Å². The van der Waals surface area contributed by atoms with Crippen molar-refractivity contribution in [2.75, 3.05) is 0 Å². The van der Waals surface area contributed by atoms with Crippen LogP contribution in [0.15, 0.2) is 0 Å². The predicted octanol–water partition coefficient (Wildman–Crippen LogP) is 3.71. The first-order valence-electron chi connectivity index (χ1n) is 8.86. The SMILES string of the molecule is C1C2CC3CC4CC5CC6CC7C8CC1C67C45C238. The number of hydrogen-bond acceptors (Lipinski definition) is 0. The van der Waals surface area contributed by atoms with E-state index in [0.29, 0.717) is 0 Å². The van der Waals surface area contributed by atoms with Crippen LogP contribution < -0.4 is 0 Å². The Morgan fingerprint density at radius 1 is 0.444 bits per heavy atom. The van der Waals surface area contributed by atoms with Crippen LogP contribution in [-0.4, -0.2) is 0 Å². The Bertz CT molecular complexity index is 528. The van der Waals surface area contributed by atoms with Gasteiger partial charge in [-0.05, 0) is 109 Å². The summed E-state index contributed by atoms with van der Waals surface area (Å²) in [5.41, 5.74) is 3.00. The van der Waals surface area contributed by atoms with Gasteiger partial charge in [0.05, 0.1) is 0 Å². The third-order valence-corrected chi connectivity index (χ3v) is 11.1. The Balaban J connectivity index is 1.60. The van der Waals surface area contributed by atoms with Crippen LogP contribution in [0.1, 0.15) is 44.9 Å². The molecule has 9 saturated carbocycles. The van der Waals surface area contributed by atoms with Crippen LogP contribution in [0.3, 0.4) is 0 Å². The molecule has 11 atom stereocenters. The molecule has 3 spiro atoms. The molecule has 9 aliphatic rings. The zero-order valence-electron chi connectivity index (χ0n) is 11.1. The van der Waals surface area contributed by atoms with E-state index in [1.54, 1.807) is 44.9 Å². The van der Waals surface area contributed by atoms with Crippen molar-refractivity contribution in [1.29, 1.82) is 0 Å². The fourth-order valence-electron chi connectivity index (χ4n) is 12.1. The molecule has 11 unspecified atom stereocenters. The summed E-state index contributed by atoms with van der Waals surface area (Å²) in [6.07, 6.45) is 11.9. The molecule has 0 radical (unpaired) electrons. The summed E-state index contributed by atoms with van der Waals surface area (Å²) < 4.78 is 0. The molecule has 0 nitrogen and oxygen atoms in total. The lowest BCUT2D eigenvalue weighted by Gasteiger charge is -2.76. The monoisotopic (exact) mass is 238 g/mol. The molecule has 0 saturated heterocycles. The summed E-state index contributed by atoms with van der Waals surface area (Å²) in [7, 11) is 0. The first-order chi connectivity index (χ1) is 8.86. The van der Waals surface area contributed by atoms with Gasteiger partial charge in [-0.15, -0.1) is 0 Å². The highest BCUT2D eigenvalue weighted by Gasteiger charge is 3.00. The first-order valence-corrected chi connectivity index (χ1v) is 8.86. The number of rotatable bonds is 0. The average molecular weight is 238 g/mol. The quantitative estimate of drug-likeness (QED) is 0.603. The highest BCUT2D eigenvalue weighted by Crippen LogP contribution is 3.05. The Labute approximate surface area is 109 Å². The van der Waals surface area contributed by atoms with E-state index in [0.717, 1.165) is 16.2 Å². The van der Waals surface area contributed by atoms with Gasteiger partial charge in [-0.3, -0.25) is 0 Å². The lowest BCUT2D eigenvalue weighted by Crippen LogP contribution is -2.72. The smallest absolute Gasteiger partial charge is 0.0111 e. The maximum absolute atomic E-state index is 1.72. The first kappa shape index (κ1) is 8.32. The zero-order valence-corrected chi connectivity index (χ0v) is 11.1. The molecule has 18 heavy (non-hydrogen) atoms. The van der Waals surface area contributed by atoms with Gasteiger partial charge in [0, 0.05) is 0 Å². The summed E-state index contributed by atoms with van der Waals surface area (Å²) in [5.74, 6) is 10.0. The zero-order chi connectivity index (χ0) is 11.1. The van der Waals surface area contributed by atoms with Crippen molar-refractivity contribution < 1.29 is 0 Å². The van der Waals surface area contributed by atoms with Crippen molar-refractivity contribution in [2.24, 2.45) is 63.6 Å². The summed E-state index contributed by atoms with van der Waals surface area (Å²) in [6.45, 7) is 0. The van der Waals surface area contributed by atoms with Crippen molar-refractivity contribution in [3.8, 4) is 0 Å². The van der Waals surface area contributed by atoms with E-state index in [2.05, 4.69) is 0 Å². The Hall–Kier alpha value is 0. The lowest BCUT2D eigenvalue weighted by atomic mass is 9.28. The largest absolute Gasteiger partial charge is 0.0464 e. The average Bonchev–Trinajstić information content (AvgIpc) is 2.78. The third kappa shape index (κ3) is 0.375. The minimum atomic E-state index is 0.991. The van der Waals surface area contributed by atoms with Crippen LogP contribution in [0.5, 0.6) is 0 Å². The highest BCUT2D eigenvalue weighted by molar-refractivity contribution is 5.47. The van der Waals surface area contributed by atoms with Crippen LogP contribution in [0.2, 0.25) is 0 Å². The van der Waals surface area contributed by atoms with E-state index in [1.165, 1.54) is 47.3 Å². The fraction of sp³-hybridized carbons (Fsp3) is 1.00. The van der Waals surface area contributed by atoms with E-state index in [1.807, 2.05) is 0 Å². The highest BCUT2D eigenvalue weighted by atomic mass is 15.0. The standard InChI is InChI=1S/C18H22/c1-8-2-10-6-14-15-7-11-4-13-5-12-3-9(1)16(8,14)18(12,13)17(10,11)15/h8-15H,1-7H2. The van der Waals surface area contributed by atoms with Crippen molar-refractivity contribution in [1.82, 2.24) is 0 Å². The van der Waals surface area contributed by atoms with Crippen LogP contribution in [-0.2, 0) is 0 Å². The van der Waals surface area contributed by atoms with Crippen LogP contribution in [0, 0.1) is 63.6 Å². The second-order valence-corrected chi connectivity index (χ2v) is 9.78. The van der Waals surface area contributed by atoms with Gasteiger partial charge in [0.2, 0.25) is 0 Å². The van der Waals surface area contributed by atoms with Crippen molar-refractivity contribution in [3.63, 3.8) is 0 Å². The molecule has 0 aliphatic heterocycles. The molecule has 9 fully saturated rings. The van der Waals surface area contributed by atoms with E-state index in [9.17, 15) is 0 Å². The van der Waals surface area contributed by atoms with E-state index < -0.39 is 0 Å². The van der Waals surface area contributed by atoms with Gasteiger partial charge in [0.15, 0.2) is 0 Å². The van der Waals surface area contributed by atoms with Gasteiger partial charge < -0.3 is 0 Å². The summed E-state index contributed by atoms with van der Waals surface area (Å²) >= 11 is 0. The fourth-order valence-corrected chi connectivity index (χ4v) is 12.1. The Kier molecular flexibility index (Phi) is 0.838. The maximum Gasteiger partial charge on any atom is -0.0111 e.